The Bertz CT molecular complexity index is 912. The summed E-state index contributed by atoms with van der Waals surface area (Å²) in [6.45, 7) is 6.11. The number of carbonyl (C=O) groups excluding carboxylic acids is 1. The molecule has 4 heteroatoms. The third kappa shape index (κ3) is 3.08. The molecule has 3 rings (SSSR count). The molecule has 0 saturated carbocycles. The van der Waals surface area contributed by atoms with Crippen molar-refractivity contribution in [3.63, 3.8) is 0 Å². The van der Waals surface area contributed by atoms with Crippen LogP contribution in [0.25, 0.3) is 10.9 Å². The van der Waals surface area contributed by atoms with Gasteiger partial charge in [0.2, 0.25) is 0 Å². The van der Waals surface area contributed by atoms with Crippen molar-refractivity contribution in [3.8, 4) is 0 Å². The molecule has 0 bridgehead atoms. The average molecular weight is 320 g/mol. The lowest BCUT2D eigenvalue weighted by Gasteiger charge is -2.13. The van der Waals surface area contributed by atoms with E-state index in [1.807, 2.05) is 25.1 Å². The molecule has 0 aliphatic heterocycles. The Morgan fingerprint density at radius 2 is 1.75 bits per heavy atom. The highest BCUT2D eigenvalue weighted by atomic mass is 16.5. The van der Waals surface area contributed by atoms with Crippen molar-refractivity contribution in [1.29, 1.82) is 0 Å². The lowest BCUT2D eigenvalue weighted by molar-refractivity contribution is 0.0594. The summed E-state index contributed by atoms with van der Waals surface area (Å²) in [7, 11) is 1.36. The summed E-state index contributed by atoms with van der Waals surface area (Å²) >= 11 is 0. The highest BCUT2D eigenvalue weighted by Gasteiger charge is 2.14. The van der Waals surface area contributed by atoms with E-state index in [0.717, 1.165) is 27.8 Å². The lowest BCUT2D eigenvalue weighted by Crippen LogP contribution is -2.06. The number of nitrogens with one attached hydrogen (secondary N) is 1. The van der Waals surface area contributed by atoms with Gasteiger partial charge in [0, 0.05) is 11.1 Å². The summed E-state index contributed by atoms with van der Waals surface area (Å²) in [5, 5.41) is 4.40. The number of aromatic nitrogens is 1. The molecule has 0 radical (unpaired) electrons. The minimum atomic E-state index is -0.441. The molecule has 1 heterocycles. The summed E-state index contributed by atoms with van der Waals surface area (Å²) in [6, 6.07) is 14.0. The molecule has 4 nitrogen and oxygen atoms in total. The summed E-state index contributed by atoms with van der Waals surface area (Å²) in [4.78, 5) is 16.4. The third-order valence-corrected chi connectivity index (χ3v) is 3.94. The van der Waals surface area contributed by atoms with Gasteiger partial charge in [-0.1, -0.05) is 24.3 Å². The summed E-state index contributed by atoms with van der Waals surface area (Å²) < 4.78 is 4.84. The van der Waals surface area contributed by atoms with Crippen molar-refractivity contribution in [1.82, 2.24) is 4.98 Å². The van der Waals surface area contributed by atoms with Gasteiger partial charge >= 0.3 is 5.97 Å². The molecule has 0 unspecified atom stereocenters. The van der Waals surface area contributed by atoms with E-state index in [9.17, 15) is 4.79 Å². The number of anilines is 2. The highest BCUT2D eigenvalue weighted by Crippen LogP contribution is 2.29. The van der Waals surface area contributed by atoms with Gasteiger partial charge in [0.15, 0.2) is 5.69 Å². The number of rotatable bonds is 3. The van der Waals surface area contributed by atoms with Crippen LogP contribution in [0, 0.1) is 20.8 Å². The number of carbonyl (C=O) groups is 1. The van der Waals surface area contributed by atoms with Gasteiger partial charge in [0.1, 0.15) is 0 Å². The molecule has 3 aromatic rings. The van der Waals surface area contributed by atoms with Crippen molar-refractivity contribution in [2.75, 3.05) is 12.4 Å². The normalized spacial score (nSPS) is 10.7. The number of fused-ring (bicyclic) bond motifs is 1. The van der Waals surface area contributed by atoms with Gasteiger partial charge in [0.05, 0.1) is 18.3 Å². The van der Waals surface area contributed by atoms with Gasteiger partial charge in [-0.3, -0.25) is 0 Å². The maximum atomic E-state index is 12.0. The molecule has 0 fully saturated rings. The van der Waals surface area contributed by atoms with Gasteiger partial charge < -0.3 is 10.1 Å². The lowest BCUT2D eigenvalue weighted by atomic mass is 10.1. The number of nitrogens with zero attached hydrogens (tertiary/aromatic N) is 1. The van der Waals surface area contributed by atoms with Crippen molar-refractivity contribution < 1.29 is 9.53 Å². The zero-order valence-corrected chi connectivity index (χ0v) is 14.3. The van der Waals surface area contributed by atoms with E-state index in [1.165, 1.54) is 18.2 Å². The van der Waals surface area contributed by atoms with Crippen LogP contribution in [0.5, 0.6) is 0 Å². The fraction of sp³-hybridized carbons (Fsp3) is 0.200. The Labute approximate surface area is 141 Å². The predicted molar refractivity (Wildman–Crippen MR) is 97.0 cm³/mol. The average Bonchev–Trinajstić information content (AvgIpc) is 2.53. The molecule has 0 aliphatic rings. The number of esters is 1. The first kappa shape index (κ1) is 16.0. The number of methoxy groups -OCH3 is 1. The fourth-order valence-corrected chi connectivity index (χ4v) is 2.91. The minimum absolute atomic E-state index is 0.297. The molecule has 24 heavy (non-hydrogen) atoms. The van der Waals surface area contributed by atoms with Gasteiger partial charge in [-0.05, 0) is 55.7 Å². The second kappa shape index (κ2) is 6.32. The van der Waals surface area contributed by atoms with Crippen LogP contribution in [0.4, 0.5) is 11.4 Å². The second-order valence-electron chi connectivity index (χ2n) is 6.02. The molecular weight excluding hydrogens is 300 g/mol. The van der Waals surface area contributed by atoms with Crippen molar-refractivity contribution in [2.24, 2.45) is 0 Å². The molecule has 1 aromatic heterocycles. The Hall–Kier alpha value is -2.88. The van der Waals surface area contributed by atoms with Gasteiger partial charge in [-0.25, -0.2) is 9.78 Å². The summed E-state index contributed by atoms with van der Waals surface area (Å²) in [6.07, 6.45) is 0. The molecule has 0 saturated heterocycles. The van der Waals surface area contributed by atoms with Crippen LogP contribution in [0.15, 0.2) is 42.5 Å². The third-order valence-electron chi connectivity index (χ3n) is 3.94. The zero-order valence-electron chi connectivity index (χ0n) is 14.3. The van der Waals surface area contributed by atoms with Crippen LogP contribution in [0.3, 0.4) is 0 Å². The Balaban J connectivity index is 2.18. The van der Waals surface area contributed by atoms with E-state index < -0.39 is 5.97 Å². The number of aryl methyl sites for hydroxylation is 3. The number of benzene rings is 2. The van der Waals surface area contributed by atoms with Crippen molar-refractivity contribution in [3.05, 3.63) is 64.8 Å². The summed E-state index contributed by atoms with van der Waals surface area (Å²) in [5.41, 5.74) is 6.30. The van der Waals surface area contributed by atoms with Crippen LogP contribution in [0.2, 0.25) is 0 Å². The van der Waals surface area contributed by atoms with Crippen molar-refractivity contribution >= 4 is 28.2 Å². The Kier molecular flexibility index (Phi) is 4.21. The first-order valence-corrected chi connectivity index (χ1v) is 7.82. The molecule has 2 aromatic carbocycles. The van der Waals surface area contributed by atoms with Crippen LogP contribution < -0.4 is 5.32 Å². The highest BCUT2D eigenvalue weighted by molar-refractivity contribution is 5.99. The number of ether oxygens (including phenoxy) is 1. The van der Waals surface area contributed by atoms with Crippen LogP contribution in [-0.2, 0) is 4.74 Å². The number of hydrogen-bond donors (Lipinski definition) is 1. The molecule has 1 N–H and O–H groups in total. The molecule has 0 spiro atoms. The molecule has 0 amide bonds. The number of pyridine rings is 1. The van der Waals surface area contributed by atoms with E-state index in [4.69, 9.17) is 4.74 Å². The van der Waals surface area contributed by atoms with E-state index in [-0.39, 0.29) is 0 Å². The molecular formula is C20H20N2O2. The van der Waals surface area contributed by atoms with Crippen molar-refractivity contribution in [2.45, 2.75) is 20.8 Å². The molecule has 0 atom stereocenters. The fourth-order valence-electron chi connectivity index (χ4n) is 2.91. The summed E-state index contributed by atoms with van der Waals surface area (Å²) in [5.74, 6) is -0.441. The van der Waals surface area contributed by atoms with Gasteiger partial charge in [0.25, 0.3) is 0 Å². The largest absolute Gasteiger partial charge is 0.464 e. The van der Waals surface area contributed by atoms with E-state index in [2.05, 4.69) is 42.3 Å². The SMILES string of the molecule is COC(=O)c1cc(Nc2cc(C)cc(C)c2)c2cccc(C)c2n1. The number of hydrogen-bond acceptors (Lipinski definition) is 4. The van der Waals surface area contributed by atoms with Crippen LogP contribution in [0.1, 0.15) is 27.2 Å². The Morgan fingerprint density at radius 3 is 2.42 bits per heavy atom. The molecule has 0 aliphatic carbocycles. The van der Waals surface area contributed by atoms with E-state index in [1.54, 1.807) is 6.07 Å². The maximum Gasteiger partial charge on any atom is 0.356 e. The predicted octanol–water partition coefficient (Wildman–Crippen LogP) is 4.69. The minimum Gasteiger partial charge on any atom is -0.464 e. The maximum absolute atomic E-state index is 12.0. The van der Waals surface area contributed by atoms with E-state index in [0.29, 0.717) is 5.69 Å². The second-order valence-corrected chi connectivity index (χ2v) is 6.02. The Morgan fingerprint density at radius 1 is 1.04 bits per heavy atom. The monoisotopic (exact) mass is 320 g/mol. The van der Waals surface area contributed by atoms with E-state index >= 15 is 0 Å². The smallest absolute Gasteiger partial charge is 0.356 e. The first-order chi connectivity index (χ1) is 11.5. The van der Waals surface area contributed by atoms with Gasteiger partial charge in [-0.15, -0.1) is 0 Å². The number of para-hydroxylation sites is 1. The van der Waals surface area contributed by atoms with Crippen LogP contribution >= 0.6 is 0 Å². The van der Waals surface area contributed by atoms with Gasteiger partial charge in [-0.2, -0.15) is 0 Å². The topological polar surface area (TPSA) is 51.2 Å². The van der Waals surface area contributed by atoms with Crippen LogP contribution in [-0.4, -0.2) is 18.1 Å². The molecule has 122 valence electrons. The standard InChI is InChI=1S/C20H20N2O2/c1-12-8-13(2)10-15(9-12)21-17-11-18(20(23)24-4)22-19-14(3)6-5-7-16(17)19/h5-11H,1-4H3,(H,21,22). The first-order valence-electron chi connectivity index (χ1n) is 7.82. The quantitative estimate of drug-likeness (QED) is 0.711. The zero-order chi connectivity index (χ0) is 17.3.